The van der Waals surface area contributed by atoms with Crippen LogP contribution in [0.1, 0.15) is 46.0 Å². The monoisotopic (exact) mass is 240 g/mol. The Labute approximate surface area is 106 Å². The molecule has 0 aromatic heterocycles. The molecule has 1 aliphatic carbocycles. The topological polar surface area (TPSA) is 35.5 Å². The summed E-state index contributed by atoms with van der Waals surface area (Å²) in [5.74, 6) is 0.860. The molecule has 1 saturated heterocycles. The summed E-state index contributed by atoms with van der Waals surface area (Å²) in [5.41, 5.74) is -0.501. The lowest BCUT2D eigenvalue weighted by Crippen LogP contribution is -2.45. The van der Waals surface area contributed by atoms with Crippen molar-refractivity contribution in [1.29, 1.82) is 0 Å². The zero-order chi connectivity index (χ0) is 12.3. The van der Waals surface area contributed by atoms with E-state index in [1.54, 1.807) is 0 Å². The summed E-state index contributed by atoms with van der Waals surface area (Å²) in [5, 5.41) is 13.7. The van der Waals surface area contributed by atoms with Gasteiger partial charge >= 0.3 is 0 Å². The zero-order valence-electron chi connectivity index (χ0n) is 11.4. The maximum atomic E-state index is 10.1. The van der Waals surface area contributed by atoms with E-state index in [1.807, 2.05) is 6.92 Å². The smallest absolute Gasteiger partial charge is 0.0743 e. The van der Waals surface area contributed by atoms with Gasteiger partial charge in [-0.1, -0.05) is 6.92 Å². The van der Waals surface area contributed by atoms with Crippen LogP contribution in [0.25, 0.3) is 0 Å². The van der Waals surface area contributed by atoms with Crippen LogP contribution in [0, 0.1) is 5.92 Å². The maximum Gasteiger partial charge on any atom is 0.0743 e. The minimum atomic E-state index is -0.501. The van der Waals surface area contributed by atoms with Gasteiger partial charge in [0.2, 0.25) is 0 Å². The molecule has 3 heteroatoms. The first-order chi connectivity index (χ1) is 8.09. The molecule has 0 spiro atoms. The van der Waals surface area contributed by atoms with E-state index in [0.717, 1.165) is 38.0 Å². The van der Waals surface area contributed by atoms with Gasteiger partial charge in [0.25, 0.3) is 0 Å². The Morgan fingerprint density at radius 2 is 1.88 bits per heavy atom. The molecule has 2 fully saturated rings. The lowest BCUT2D eigenvalue weighted by Gasteiger charge is -2.36. The second kappa shape index (κ2) is 5.68. The van der Waals surface area contributed by atoms with Gasteiger partial charge < -0.3 is 15.3 Å². The Morgan fingerprint density at radius 3 is 2.41 bits per heavy atom. The number of piperidine rings is 1. The van der Waals surface area contributed by atoms with E-state index in [4.69, 9.17) is 0 Å². The Balaban J connectivity index is 1.63. The van der Waals surface area contributed by atoms with Crippen LogP contribution in [0.15, 0.2) is 0 Å². The van der Waals surface area contributed by atoms with Crippen molar-refractivity contribution in [3.8, 4) is 0 Å². The second-order valence-electron chi connectivity index (χ2n) is 6.25. The zero-order valence-corrected chi connectivity index (χ0v) is 11.4. The fourth-order valence-electron chi connectivity index (χ4n) is 2.56. The predicted octanol–water partition coefficient (Wildman–Crippen LogP) is 1.61. The van der Waals surface area contributed by atoms with E-state index >= 15 is 0 Å². The quantitative estimate of drug-likeness (QED) is 0.740. The van der Waals surface area contributed by atoms with Crippen LogP contribution < -0.4 is 5.32 Å². The third kappa shape index (κ3) is 4.57. The van der Waals surface area contributed by atoms with E-state index in [1.165, 1.54) is 32.2 Å². The minimum Gasteiger partial charge on any atom is -0.389 e. The number of likely N-dealkylation sites (tertiary alicyclic amines) is 1. The average molecular weight is 240 g/mol. The molecular formula is C14H28N2O. The highest BCUT2D eigenvalue weighted by Crippen LogP contribution is 2.22. The first kappa shape index (κ1) is 13.3. The third-order valence-electron chi connectivity index (χ3n) is 4.31. The van der Waals surface area contributed by atoms with E-state index in [2.05, 4.69) is 17.1 Å². The number of rotatable bonds is 6. The fourth-order valence-corrected chi connectivity index (χ4v) is 2.56. The molecular weight excluding hydrogens is 212 g/mol. The van der Waals surface area contributed by atoms with E-state index in [9.17, 15) is 5.11 Å². The van der Waals surface area contributed by atoms with Gasteiger partial charge in [0.1, 0.15) is 0 Å². The van der Waals surface area contributed by atoms with Crippen molar-refractivity contribution < 1.29 is 5.11 Å². The molecule has 17 heavy (non-hydrogen) atoms. The highest BCUT2D eigenvalue weighted by atomic mass is 16.3. The van der Waals surface area contributed by atoms with Crippen molar-refractivity contribution in [2.24, 2.45) is 5.92 Å². The van der Waals surface area contributed by atoms with Gasteiger partial charge in [-0.15, -0.1) is 0 Å². The summed E-state index contributed by atoms with van der Waals surface area (Å²) in [7, 11) is 0. The molecule has 1 atom stereocenters. The molecule has 2 N–H and O–H groups in total. The standard InChI is InChI=1S/C14H28N2O/c1-3-14(2,17)11-16-8-6-12(7-9-16)10-15-13-4-5-13/h12-13,15,17H,3-11H2,1-2H3. The van der Waals surface area contributed by atoms with Gasteiger partial charge in [0.05, 0.1) is 5.60 Å². The maximum absolute atomic E-state index is 10.1. The van der Waals surface area contributed by atoms with Gasteiger partial charge in [-0.3, -0.25) is 0 Å². The number of β-amino-alcohol motifs (C(OH)–C–C–N with tert-alkyl or cyclic N) is 1. The van der Waals surface area contributed by atoms with E-state index in [-0.39, 0.29) is 0 Å². The first-order valence-electron chi connectivity index (χ1n) is 7.27. The third-order valence-corrected chi connectivity index (χ3v) is 4.31. The Bertz CT molecular complexity index is 230. The molecule has 0 aromatic rings. The molecule has 1 aliphatic heterocycles. The van der Waals surface area contributed by atoms with Gasteiger partial charge in [-0.05, 0) is 64.6 Å². The molecule has 2 rings (SSSR count). The fraction of sp³-hybridized carbons (Fsp3) is 1.00. The average Bonchev–Trinajstić information content (AvgIpc) is 3.12. The Morgan fingerprint density at radius 1 is 1.24 bits per heavy atom. The lowest BCUT2D eigenvalue weighted by atomic mass is 9.94. The number of nitrogens with one attached hydrogen (secondary N) is 1. The summed E-state index contributed by atoms with van der Waals surface area (Å²) in [6.45, 7) is 8.38. The van der Waals surface area contributed by atoms with Crippen LogP contribution in [0.3, 0.4) is 0 Å². The summed E-state index contributed by atoms with van der Waals surface area (Å²) in [6, 6.07) is 0.842. The van der Waals surface area contributed by atoms with Crippen molar-refractivity contribution in [1.82, 2.24) is 10.2 Å². The SMILES string of the molecule is CCC(C)(O)CN1CCC(CNC2CC2)CC1. The van der Waals surface area contributed by atoms with Crippen LogP contribution in [0.5, 0.6) is 0 Å². The van der Waals surface area contributed by atoms with Gasteiger partial charge in [0.15, 0.2) is 0 Å². The molecule has 100 valence electrons. The van der Waals surface area contributed by atoms with Crippen LogP contribution >= 0.6 is 0 Å². The Kier molecular flexibility index (Phi) is 4.45. The normalized spacial score (nSPS) is 27.0. The summed E-state index contributed by atoms with van der Waals surface area (Å²) in [4.78, 5) is 2.43. The van der Waals surface area contributed by atoms with Gasteiger partial charge in [-0.2, -0.15) is 0 Å². The highest BCUT2D eigenvalue weighted by Gasteiger charge is 2.27. The highest BCUT2D eigenvalue weighted by molar-refractivity contribution is 4.84. The van der Waals surface area contributed by atoms with Crippen LogP contribution in [-0.2, 0) is 0 Å². The van der Waals surface area contributed by atoms with Crippen LogP contribution in [0.2, 0.25) is 0 Å². The van der Waals surface area contributed by atoms with E-state index < -0.39 is 5.60 Å². The number of aliphatic hydroxyl groups is 1. The number of nitrogens with zero attached hydrogens (tertiary/aromatic N) is 1. The molecule has 0 aromatic carbocycles. The largest absolute Gasteiger partial charge is 0.389 e. The second-order valence-corrected chi connectivity index (χ2v) is 6.25. The van der Waals surface area contributed by atoms with E-state index in [0.29, 0.717) is 0 Å². The molecule has 0 radical (unpaired) electrons. The van der Waals surface area contributed by atoms with Crippen LogP contribution in [0.4, 0.5) is 0 Å². The van der Waals surface area contributed by atoms with Gasteiger partial charge in [0, 0.05) is 12.6 Å². The van der Waals surface area contributed by atoms with Crippen molar-refractivity contribution in [2.45, 2.75) is 57.6 Å². The predicted molar refractivity (Wildman–Crippen MR) is 71.1 cm³/mol. The Hall–Kier alpha value is -0.120. The molecule has 1 unspecified atom stereocenters. The van der Waals surface area contributed by atoms with Crippen molar-refractivity contribution in [3.63, 3.8) is 0 Å². The molecule has 0 amide bonds. The molecule has 1 heterocycles. The lowest BCUT2D eigenvalue weighted by molar-refractivity contribution is 0.00664. The molecule has 0 bridgehead atoms. The molecule has 1 saturated carbocycles. The van der Waals surface area contributed by atoms with Crippen LogP contribution in [-0.4, -0.2) is 47.8 Å². The molecule has 2 aliphatic rings. The number of hydrogen-bond donors (Lipinski definition) is 2. The summed E-state index contributed by atoms with van der Waals surface area (Å²) in [6.07, 6.45) is 6.20. The number of hydrogen-bond acceptors (Lipinski definition) is 3. The minimum absolute atomic E-state index is 0.501. The van der Waals surface area contributed by atoms with Crippen molar-refractivity contribution >= 4 is 0 Å². The summed E-state index contributed by atoms with van der Waals surface area (Å²) < 4.78 is 0. The summed E-state index contributed by atoms with van der Waals surface area (Å²) >= 11 is 0. The van der Waals surface area contributed by atoms with Gasteiger partial charge in [-0.25, -0.2) is 0 Å². The van der Waals surface area contributed by atoms with Crippen molar-refractivity contribution in [3.05, 3.63) is 0 Å². The van der Waals surface area contributed by atoms with Crippen molar-refractivity contribution in [2.75, 3.05) is 26.2 Å². The first-order valence-corrected chi connectivity index (χ1v) is 7.27. The molecule has 3 nitrogen and oxygen atoms in total.